The quantitative estimate of drug-likeness (QED) is 0.895. The van der Waals surface area contributed by atoms with Crippen molar-refractivity contribution >= 4 is 23.2 Å². The van der Waals surface area contributed by atoms with E-state index < -0.39 is 0 Å². The molecule has 2 aromatic rings. The molecule has 6 heteroatoms. The smallest absolute Gasteiger partial charge is 0.225 e. The minimum atomic E-state index is -0.260. The lowest BCUT2D eigenvalue weighted by Gasteiger charge is -2.20. The van der Waals surface area contributed by atoms with Crippen molar-refractivity contribution in [3.8, 4) is 10.6 Å². The highest BCUT2D eigenvalue weighted by molar-refractivity contribution is 7.13. The Labute approximate surface area is 152 Å². The number of likely N-dealkylation sites (tertiary alicyclic amines) is 1. The molecule has 0 aliphatic carbocycles. The molecule has 0 bridgehead atoms. The highest BCUT2D eigenvalue weighted by atomic mass is 32.1. The van der Waals surface area contributed by atoms with E-state index in [-0.39, 0.29) is 23.8 Å². The molecule has 1 aromatic heterocycles. The molecule has 25 heavy (non-hydrogen) atoms. The average Bonchev–Trinajstić information content (AvgIpc) is 3.20. The Bertz CT molecular complexity index is 784. The Morgan fingerprint density at radius 3 is 2.84 bits per heavy atom. The number of rotatable bonds is 5. The number of nitrogens with one attached hydrogen (secondary N) is 1. The molecule has 1 atom stereocenters. The fourth-order valence-corrected chi connectivity index (χ4v) is 3.96. The summed E-state index contributed by atoms with van der Waals surface area (Å²) < 4.78 is 0. The second-order valence-electron chi connectivity index (χ2n) is 6.72. The van der Waals surface area contributed by atoms with Gasteiger partial charge in [0, 0.05) is 30.0 Å². The third-order valence-corrected chi connectivity index (χ3v) is 5.45. The van der Waals surface area contributed by atoms with Crippen molar-refractivity contribution in [2.45, 2.75) is 39.8 Å². The van der Waals surface area contributed by atoms with Crippen LogP contribution in [0.5, 0.6) is 0 Å². The number of carbonyl (C=O) groups excluding carboxylic acids is 2. The normalized spacial score (nSPS) is 17.4. The van der Waals surface area contributed by atoms with Crippen LogP contribution in [0.3, 0.4) is 0 Å². The topological polar surface area (TPSA) is 62.3 Å². The van der Waals surface area contributed by atoms with E-state index >= 15 is 0 Å². The fraction of sp³-hybridized carbons (Fsp3) is 0.421. The maximum Gasteiger partial charge on any atom is 0.225 e. The van der Waals surface area contributed by atoms with Crippen molar-refractivity contribution in [1.82, 2.24) is 15.2 Å². The predicted molar refractivity (Wildman–Crippen MR) is 99.1 cm³/mol. The first-order valence-corrected chi connectivity index (χ1v) is 9.41. The molecule has 5 nitrogen and oxygen atoms in total. The van der Waals surface area contributed by atoms with E-state index in [9.17, 15) is 9.59 Å². The average molecular weight is 357 g/mol. The van der Waals surface area contributed by atoms with E-state index in [1.807, 2.05) is 31.4 Å². The Balaban J connectivity index is 1.59. The van der Waals surface area contributed by atoms with E-state index in [4.69, 9.17) is 0 Å². The fourth-order valence-electron chi connectivity index (χ4n) is 3.05. The number of hydrogen-bond acceptors (Lipinski definition) is 4. The molecular formula is C19H23N3O2S. The van der Waals surface area contributed by atoms with Gasteiger partial charge in [-0.25, -0.2) is 4.98 Å². The van der Waals surface area contributed by atoms with E-state index in [1.165, 1.54) is 5.56 Å². The van der Waals surface area contributed by atoms with Gasteiger partial charge in [-0.1, -0.05) is 24.3 Å². The van der Waals surface area contributed by atoms with Gasteiger partial charge >= 0.3 is 0 Å². The van der Waals surface area contributed by atoms with Crippen LogP contribution in [0.1, 0.15) is 31.5 Å². The van der Waals surface area contributed by atoms with Crippen molar-refractivity contribution < 1.29 is 9.59 Å². The van der Waals surface area contributed by atoms with Gasteiger partial charge in [-0.15, -0.1) is 11.3 Å². The number of hydrogen-bond donors (Lipinski definition) is 1. The lowest BCUT2D eigenvalue weighted by Crippen LogP contribution is -2.35. The van der Waals surface area contributed by atoms with Gasteiger partial charge in [0.1, 0.15) is 5.01 Å². The highest BCUT2D eigenvalue weighted by Gasteiger charge is 2.35. The first-order valence-electron chi connectivity index (χ1n) is 8.53. The number of carbonyl (C=O) groups is 2. The van der Waals surface area contributed by atoms with Crippen molar-refractivity contribution in [3.63, 3.8) is 0 Å². The van der Waals surface area contributed by atoms with E-state index in [1.54, 1.807) is 16.2 Å². The Kier molecular flexibility index (Phi) is 5.18. The summed E-state index contributed by atoms with van der Waals surface area (Å²) in [4.78, 5) is 30.7. The Morgan fingerprint density at radius 2 is 2.16 bits per heavy atom. The second kappa shape index (κ2) is 7.35. The van der Waals surface area contributed by atoms with Crippen LogP contribution in [0.25, 0.3) is 10.6 Å². The summed E-state index contributed by atoms with van der Waals surface area (Å²) in [6.45, 7) is 6.92. The van der Waals surface area contributed by atoms with E-state index in [0.29, 0.717) is 19.5 Å². The first kappa shape index (κ1) is 17.6. The lowest BCUT2D eigenvalue weighted by molar-refractivity contribution is -0.130. The van der Waals surface area contributed by atoms with Crippen LogP contribution in [0.2, 0.25) is 0 Å². The number of aromatic nitrogens is 1. The number of nitrogens with zero attached hydrogens (tertiary/aromatic N) is 2. The molecule has 1 aromatic carbocycles. The van der Waals surface area contributed by atoms with Gasteiger partial charge in [0.05, 0.1) is 18.2 Å². The minimum Gasteiger partial charge on any atom is -0.350 e. The Hall–Kier alpha value is -2.21. The van der Waals surface area contributed by atoms with Gasteiger partial charge in [-0.05, 0) is 26.3 Å². The molecule has 0 spiro atoms. The number of thiazole rings is 1. The standard InChI is InChI=1S/C19H23N3O2S/c1-12(2)22-10-14(8-17(22)23)18(24)20-9-15-11-25-19(21-15)16-7-5-4-6-13(16)3/h4-7,11-12,14H,8-10H2,1-3H3,(H,20,24). The molecule has 132 valence electrons. The van der Waals surface area contributed by atoms with Crippen molar-refractivity contribution in [2.24, 2.45) is 5.92 Å². The molecule has 1 aliphatic heterocycles. The summed E-state index contributed by atoms with van der Waals surface area (Å²) in [7, 11) is 0. The number of aryl methyl sites for hydroxylation is 1. The van der Waals surface area contributed by atoms with E-state index in [0.717, 1.165) is 16.3 Å². The summed E-state index contributed by atoms with van der Waals surface area (Å²) in [5.41, 5.74) is 3.16. The van der Waals surface area contributed by atoms with Crippen LogP contribution >= 0.6 is 11.3 Å². The Morgan fingerprint density at radius 1 is 1.40 bits per heavy atom. The van der Waals surface area contributed by atoms with Gasteiger partial charge in [0.15, 0.2) is 0 Å². The van der Waals surface area contributed by atoms with Gasteiger partial charge in [0.2, 0.25) is 11.8 Å². The molecular weight excluding hydrogens is 334 g/mol. The lowest BCUT2D eigenvalue weighted by atomic mass is 10.1. The maximum absolute atomic E-state index is 12.3. The summed E-state index contributed by atoms with van der Waals surface area (Å²) in [5, 5.41) is 5.86. The summed E-state index contributed by atoms with van der Waals surface area (Å²) in [5.74, 6) is -0.267. The van der Waals surface area contributed by atoms with Crippen LogP contribution < -0.4 is 5.32 Å². The summed E-state index contributed by atoms with van der Waals surface area (Å²) in [6, 6.07) is 8.27. The molecule has 1 unspecified atom stereocenters. The molecule has 2 amide bonds. The third-order valence-electron chi connectivity index (χ3n) is 4.52. The molecule has 1 saturated heterocycles. The minimum absolute atomic E-state index is 0.0608. The van der Waals surface area contributed by atoms with Crippen LogP contribution in [-0.4, -0.2) is 34.3 Å². The van der Waals surface area contributed by atoms with E-state index in [2.05, 4.69) is 29.4 Å². The van der Waals surface area contributed by atoms with Crippen LogP contribution in [0, 0.1) is 12.8 Å². The van der Waals surface area contributed by atoms with Gasteiger partial charge < -0.3 is 10.2 Å². The van der Waals surface area contributed by atoms with Gasteiger partial charge in [-0.3, -0.25) is 9.59 Å². The second-order valence-corrected chi connectivity index (χ2v) is 7.58. The van der Waals surface area contributed by atoms with Crippen LogP contribution in [0.15, 0.2) is 29.6 Å². The largest absolute Gasteiger partial charge is 0.350 e. The van der Waals surface area contributed by atoms with Crippen molar-refractivity contribution in [2.75, 3.05) is 6.54 Å². The molecule has 3 rings (SSSR count). The first-order chi connectivity index (χ1) is 12.0. The van der Waals surface area contributed by atoms with Crippen molar-refractivity contribution in [1.29, 1.82) is 0 Å². The monoisotopic (exact) mass is 357 g/mol. The zero-order chi connectivity index (χ0) is 18.0. The highest BCUT2D eigenvalue weighted by Crippen LogP contribution is 2.26. The molecule has 0 radical (unpaired) electrons. The predicted octanol–water partition coefficient (Wildman–Crippen LogP) is 2.99. The van der Waals surface area contributed by atoms with Gasteiger partial charge in [0.25, 0.3) is 0 Å². The summed E-state index contributed by atoms with van der Waals surface area (Å²) in [6.07, 6.45) is 0.301. The molecule has 1 aliphatic rings. The number of benzene rings is 1. The zero-order valence-corrected chi connectivity index (χ0v) is 15.6. The summed E-state index contributed by atoms with van der Waals surface area (Å²) >= 11 is 1.58. The SMILES string of the molecule is Cc1ccccc1-c1nc(CNC(=O)C2CC(=O)N(C(C)C)C2)cs1. The maximum atomic E-state index is 12.3. The van der Waals surface area contributed by atoms with Crippen molar-refractivity contribution in [3.05, 3.63) is 40.9 Å². The molecule has 1 fully saturated rings. The van der Waals surface area contributed by atoms with Gasteiger partial charge in [-0.2, -0.15) is 0 Å². The molecule has 1 N–H and O–H groups in total. The third kappa shape index (κ3) is 3.90. The van der Waals surface area contributed by atoms with Crippen LogP contribution in [-0.2, 0) is 16.1 Å². The zero-order valence-electron chi connectivity index (χ0n) is 14.8. The number of amides is 2. The molecule has 0 saturated carbocycles. The molecule has 2 heterocycles. The van der Waals surface area contributed by atoms with Crippen LogP contribution in [0.4, 0.5) is 0 Å².